The summed E-state index contributed by atoms with van der Waals surface area (Å²) in [6, 6.07) is 0. The van der Waals surface area contributed by atoms with E-state index in [1.165, 1.54) is 11.1 Å². The molecule has 0 N–H and O–H groups in total. The van der Waals surface area contributed by atoms with Crippen molar-refractivity contribution in [2.45, 2.75) is 32.8 Å². The summed E-state index contributed by atoms with van der Waals surface area (Å²) in [6.07, 6.45) is 1.68. The molecule has 82 valence electrons. The first kappa shape index (κ1) is 11.4. The third-order valence-corrected chi connectivity index (χ3v) is 1.71. The predicted octanol–water partition coefficient (Wildman–Crippen LogP) is 2.78. The summed E-state index contributed by atoms with van der Waals surface area (Å²) < 4.78 is 5.16. The van der Waals surface area contributed by atoms with Gasteiger partial charge in [0.15, 0.2) is 0 Å². The SMILES string of the molecule is CC(C)(C)OC(=O)N1C=C(N=[N+]=[N-])CC1. The molecule has 1 aliphatic rings. The highest BCUT2D eigenvalue weighted by Gasteiger charge is 2.23. The van der Waals surface area contributed by atoms with Crippen molar-refractivity contribution in [3.63, 3.8) is 0 Å². The molecule has 0 bridgehead atoms. The molecule has 1 heterocycles. The molecule has 0 fully saturated rings. The standard InChI is InChI=1S/C9H14N4O2/c1-9(2,3)15-8(14)13-5-4-7(6-13)11-12-10/h6H,4-5H2,1-3H3. The number of nitrogens with zero attached hydrogens (tertiary/aromatic N) is 4. The first-order chi connectivity index (χ1) is 6.92. The van der Waals surface area contributed by atoms with Crippen LogP contribution in [0.5, 0.6) is 0 Å². The van der Waals surface area contributed by atoms with Gasteiger partial charge >= 0.3 is 6.09 Å². The van der Waals surface area contributed by atoms with Gasteiger partial charge in [-0.25, -0.2) is 4.79 Å². The van der Waals surface area contributed by atoms with E-state index in [2.05, 4.69) is 10.0 Å². The van der Waals surface area contributed by atoms with Crippen LogP contribution in [0.2, 0.25) is 0 Å². The number of carbonyl (C=O) groups is 1. The predicted molar refractivity (Wildman–Crippen MR) is 54.8 cm³/mol. The fourth-order valence-corrected chi connectivity index (χ4v) is 1.14. The fourth-order valence-electron chi connectivity index (χ4n) is 1.14. The normalized spacial score (nSPS) is 15.7. The molecule has 1 amide bonds. The van der Waals surface area contributed by atoms with E-state index in [0.29, 0.717) is 18.7 Å². The summed E-state index contributed by atoms with van der Waals surface area (Å²) in [5, 5.41) is 3.44. The maximum absolute atomic E-state index is 11.5. The zero-order valence-corrected chi connectivity index (χ0v) is 9.10. The van der Waals surface area contributed by atoms with Gasteiger partial charge in [-0.15, -0.1) is 0 Å². The average Bonchev–Trinajstić information content (AvgIpc) is 2.50. The maximum atomic E-state index is 11.5. The Morgan fingerprint density at radius 1 is 1.67 bits per heavy atom. The van der Waals surface area contributed by atoms with Crippen LogP contribution < -0.4 is 0 Å². The summed E-state index contributed by atoms with van der Waals surface area (Å²) in [7, 11) is 0. The van der Waals surface area contributed by atoms with Crippen LogP contribution in [0.25, 0.3) is 10.4 Å². The number of hydrogen-bond donors (Lipinski definition) is 0. The van der Waals surface area contributed by atoms with Crippen molar-refractivity contribution in [2.75, 3.05) is 6.54 Å². The van der Waals surface area contributed by atoms with Crippen LogP contribution in [0.4, 0.5) is 4.79 Å². The molecule has 0 spiro atoms. The van der Waals surface area contributed by atoms with Gasteiger partial charge in [0.2, 0.25) is 0 Å². The van der Waals surface area contributed by atoms with E-state index in [-0.39, 0.29) is 0 Å². The summed E-state index contributed by atoms with van der Waals surface area (Å²) in [5.41, 5.74) is 8.27. The number of azide groups is 1. The number of hydrogen-bond acceptors (Lipinski definition) is 3. The minimum absolute atomic E-state index is 0.411. The summed E-state index contributed by atoms with van der Waals surface area (Å²) in [6.45, 7) is 5.92. The van der Waals surface area contributed by atoms with E-state index in [0.717, 1.165) is 0 Å². The van der Waals surface area contributed by atoms with Crippen molar-refractivity contribution < 1.29 is 9.53 Å². The van der Waals surface area contributed by atoms with Gasteiger partial charge in [-0.3, -0.25) is 4.90 Å². The fraction of sp³-hybridized carbons (Fsp3) is 0.667. The van der Waals surface area contributed by atoms with Crippen molar-refractivity contribution in [3.8, 4) is 0 Å². The highest BCUT2D eigenvalue weighted by molar-refractivity contribution is 5.70. The topological polar surface area (TPSA) is 78.3 Å². The summed E-state index contributed by atoms with van der Waals surface area (Å²) in [5.74, 6) is 0. The first-order valence-corrected chi connectivity index (χ1v) is 4.68. The Kier molecular flexibility index (Phi) is 3.21. The lowest BCUT2D eigenvalue weighted by molar-refractivity contribution is 0.0349. The van der Waals surface area contributed by atoms with Gasteiger partial charge in [-0.05, 0) is 32.7 Å². The van der Waals surface area contributed by atoms with Gasteiger partial charge in [0.25, 0.3) is 0 Å². The second-order valence-corrected chi connectivity index (χ2v) is 4.23. The zero-order valence-electron chi connectivity index (χ0n) is 9.10. The van der Waals surface area contributed by atoms with Crippen LogP contribution in [0.15, 0.2) is 17.0 Å². The first-order valence-electron chi connectivity index (χ1n) is 4.68. The second kappa shape index (κ2) is 4.23. The van der Waals surface area contributed by atoms with Crippen molar-refractivity contribution in [3.05, 3.63) is 22.3 Å². The van der Waals surface area contributed by atoms with Gasteiger partial charge in [-0.2, -0.15) is 0 Å². The summed E-state index contributed by atoms with van der Waals surface area (Å²) >= 11 is 0. The van der Waals surface area contributed by atoms with E-state index in [1.54, 1.807) is 20.8 Å². The van der Waals surface area contributed by atoms with Gasteiger partial charge in [0.1, 0.15) is 5.60 Å². The van der Waals surface area contributed by atoms with Crippen molar-refractivity contribution in [1.82, 2.24) is 4.90 Å². The zero-order chi connectivity index (χ0) is 11.5. The lowest BCUT2D eigenvalue weighted by Crippen LogP contribution is -2.32. The monoisotopic (exact) mass is 210 g/mol. The van der Waals surface area contributed by atoms with E-state index in [4.69, 9.17) is 10.3 Å². The molecule has 0 aromatic rings. The molecular formula is C9H14N4O2. The van der Waals surface area contributed by atoms with Gasteiger partial charge < -0.3 is 4.74 Å². The quantitative estimate of drug-likeness (QED) is 0.379. The minimum Gasteiger partial charge on any atom is -0.443 e. The van der Waals surface area contributed by atoms with Crippen LogP contribution in [-0.4, -0.2) is 23.1 Å². The van der Waals surface area contributed by atoms with Crippen LogP contribution in [0, 0.1) is 0 Å². The lowest BCUT2D eigenvalue weighted by atomic mass is 10.2. The van der Waals surface area contributed by atoms with Crippen LogP contribution in [0.3, 0.4) is 0 Å². The highest BCUT2D eigenvalue weighted by atomic mass is 16.6. The molecule has 1 rings (SSSR count). The van der Waals surface area contributed by atoms with Gasteiger partial charge in [0, 0.05) is 23.4 Å². The molecule has 0 saturated carbocycles. The Morgan fingerprint density at radius 3 is 2.87 bits per heavy atom. The van der Waals surface area contributed by atoms with E-state index in [1.807, 2.05) is 0 Å². The molecule has 6 heteroatoms. The van der Waals surface area contributed by atoms with Crippen molar-refractivity contribution in [2.24, 2.45) is 5.11 Å². The number of rotatable bonds is 1. The minimum atomic E-state index is -0.508. The molecular weight excluding hydrogens is 196 g/mol. The summed E-state index contributed by atoms with van der Waals surface area (Å²) in [4.78, 5) is 15.6. The molecule has 0 atom stereocenters. The molecule has 0 aliphatic carbocycles. The Bertz CT molecular complexity index is 337. The van der Waals surface area contributed by atoms with Gasteiger partial charge in [0.05, 0.1) is 0 Å². The van der Waals surface area contributed by atoms with Crippen LogP contribution in [-0.2, 0) is 4.74 Å². The van der Waals surface area contributed by atoms with E-state index < -0.39 is 11.7 Å². The van der Waals surface area contributed by atoms with Crippen molar-refractivity contribution >= 4 is 6.09 Å². The average molecular weight is 210 g/mol. The second-order valence-electron chi connectivity index (χ2n) is 4.23. The Labute approximate surface area is 88.1 Å². The van der Waals surface area contributed by atoms with E-state index >= 15 is 0 Å². The molecule has 0 aromatic heterocycles. The van der Waals surface area contributed by atoms with E-state index in [9.17, 15) is 4.79 Å². The lowest BCUT2D eigenvalue weighted by Gasteiger charge is -2.23. The number of carbonyl (C=O) groups excluding carboxylic acids is 1. The molecule has 0 saturated heterocycles. The third kappa shape index (κ3) is 3.52. The Hall–Kier alpha value is -1.68. The Balaban J connectivity index is 2.60. The molecule has 1 aliphatic heterocycles. The molecule has 0 unspecified atom stereocenters. The van der Waals surface area contributed by atoms with Gasteiger partial charge in [-0.1, -0.05) is 5.11 Å². The largest absolute Gasteiger partial charge is 0.443 e. The smallest absolute Gasteiger partial charge is 0.414 e. The molecule has 15 heavy (non-hydrogen) atoms. The number of ether oxygens (including phenoxy) is 1. The highest BCUT2D eigenvalue weighted by Crippen LogP contribution is 2.18. The molecule has 6 nitrogen and oxygen atoms in total. The molecule has 0 aromatic carbocycles. The Morgan fingerprint density at radius 2 is 2.33 bits per heavy atom. The number of amides is 1. The van der Waals surface area contributed by atoms with Crippen molar-refractivity contribution in [1.29, 1.82) is 0 Å². The third-order valence-electron chi connectivity index (χ3n) is 1.71. The van der Waals surface area contributed by atoms with Crippen LogP contribution in [0.1, 0.15) is 27.2 Å². The molecule has 0 radical (unpaired) electrons. The maximum Gasteiger partial charge on any atom is 0.414 e. The van der Waals surface area contributed by atoms with Crippen LogP contribution >= 0.6 is 0 Å².